The Morgan fingerprint density at radius 2 is 1.91 bits per heavy atom. The average Bonchev–Trinajstić information content (AvgIpc) is 3.14. The average molecular weight is 513 g/mol. The van der Waals surface area contributed by atoms with Crippen LogP contribution < -0.4 is 5.32 Å². The fourth-order valence-electron chi connectivity index (χ4n) is 2.74. The van der Waals surface area contributed by atoms with Crippen LogP contribution in [0.15, 0.2) is 65.2 Å². The molecule has 3 rings (SSSR count). The molecule has 174 valence electrons. The van der Waals surface area contributed by atoms with Gasteiger partial charge in [0.2, 0.25) is 5.91 Å². The summed E-state index contributed by atoms with van der Waals surface area (Å²) in [6.07, 6.45) is -2.83. The minimum absolute atomic E-state index is 0.0200. The molecule has 5 nitrogen and oxygen atoms in total. The van der Waals surface area contributed by atoms with Crippen molar-refractivity contribution in [1.29, 1.82) is 0 Å². The minimum atomic E-state index is -4.53. The number of nitrogens with zero attached hydrogens (tertiary/aromatic N) is 3. The van der Waals surface area contributed by atoms with Crippen LogP contribution in [0, 0.1) is 6.92 Å². The number of aromatic nitrogens is 3. The van der Waals surface area contributed by atoms with E-state index in [1.165, 1.54) is 5.56 Å². The highest BCUT2D eigenvalue weighted by Crippen LogP contribution is 2.34. The number of halogens is 4. The number of amides is 1. The molecule has 0 fully saturated rings. The van der Waals surface area contributed by atoms with Gasteiger partial charge in [-0.25, -0.2) is 0 Å². The molecule has 1 aromatic heterocycles. The van der Waals surface area contributed by atoms with Crippen molar-refractivity contribution >= 4 is 46.7 Å². The summed E-state index contributed by atoms with van der Waals surface area (Å²) in [7, 11) is 0. The van der Waals surface area contributed by atoms with Gasteiger partial charge >= 0.3 is 6.18 Å². The maximum absolute atomic E-state index is 12.9. The number of hydrogen-bond acceptors (Lipinski definition) is 5. The summed E-state index contributed by atoms with van der Waals surface area (Å²) in [4.78, 5) is 13.5. The van der Waals surface area contributed by atoms with Gasteiger partial charge in [-0.2, -0.15) is 13.2 Å². The van der Waals surface area contributed by atoms with Crippen molar-refractivity contribution in [1.82, 2.24) is 14.8 Å². The van der Waals surface area contributed by atoms with Crippen LogP contribution >= 0.6 is 35.1 Å². The van der Waals surface area contributed by atoms with E-state index in [9.17, 15) is 18.0 Å². The summed E-state index contributed by atoms with van der Waals surface area (Å²) in [6.45, 7) is 6.24. The smallest absolute Gasteiger partial charge is 0.324 e. The first-order valence-corrected chi connectivity index (χ1v) is 12.0. The first kappa shape index (κ1) is 25.2. The molecule has 3 aromatic rings. The fraction of sp³-hybridized carbons (Fsp3) is 0.227. The number of thioether (sulfide) groups is 2. The maximum Gasteiger partial charge on any atom is 0.416 e. The van der Waals surface area contributed by atoms with Gasteiger partial charge in [0.05, 0.1) is 27.8 Å². The van der Waals surface area contributed by atoms with Gasteiger partial charge in [0, 0.05) is 11.4 Å². The molecular weight excluding hydrogens is 493 g/mol. The molecule has 0 unspecified atom stereocenters. The second-order valence-corrected chi connectivity index (χ2v) is 9.33. The number of alkyl halides is 3. The maximum atomic E-state index is 12.9. The predicted molar refractivity (Wildman–Crippen MR) is 127 cm³/mol. The molecule has 11 heteroatoms. The number of benzene rings is 2. The Bertz CT molecular complexity index is 1130. The number of nitrogens with one attached hydrogen (secondary N) is 1. The quantitative estimate of drug-likeness (QED) is 0.263. The van der Waals surface area contributed by atoms with Crippen molar-refractivity contribution in [3.05, 3.63) is 77.1 Å². The number of hydrogen-bond donors (Lipinski definition) is 1. The molecule has 0 spiro atoms. The highest BCUT2D eigenvalue weighted by atomic mass is 35.5. The number of carbonyl (C=O) groups excluding carboxylic acids is 1. The Balaban J connectivity index is 1.64. The molecule has 0 aliphatic rings. The first-order valence-electron chi connectivity index (χ1n) is 9.69. The van der Waals surface area contributed by atoms with Gasteiger partial charge in [0.15, 0.2) is 5.16 Å². The van der Waals surface area contributed by atoms with Crippen LogP contribution in [0.25, 0.3) is 0 Å². The third-order valence-corrected chi connectivity index (χ3v) is 6.70. The zero-order chi connectivity index (χ0) is 24.0. The molecule has 0 bridgehead atoms. The normalized spacial score (nSPS) is 11.4. The molecule has 0 saturated heterocycles. The van der Waals surface area contributed by atoms with Gasteiger partial charge in [-0.05, 0) is 37.3 Å². The lowest BCUT2D eigenvalue weighted by molar-refractivity contribution is -0.137. The first-order chi connectivity index (χ1) is 15.7. The van der Waals surface area contributed by atoms with Gasteiger partial charge in [-0.15, -0.1) is 28.5 Å². The van der Waals surface area contributed by atoms with Gasteiger partial charge < -0.3 is 9.88 Å². The van der Waals surface area contributed by atoms with Crippen molar-refractivity contribution in [2.75, 3.05) is 11.1 Å². The van der Waals surface area contributed by atoms with Crippen LogP contribution in [0.2, 0.25) is 5.02 Å². The Morgan fingerprint density at radius 3 is 2.58 bits per heavy atom. The summed E-state index contributed by atoms with van der Waals surface area (Å²) in [5.41, 5.74) is 0.189. The van der Waals surface area contributed by atoms with Gasteiger partial charge in [-0.1, -0.05) is 47.1 Å². The largest absolute Gasteiger partial charge is 0.416 e. The molecule has 0 saturated carbocycles. The zero-order valence-electron chi connectivity index (χ0n) is 17.5. The van der Waals surface area contributed by atoms with Crippen LogP contribution in [0.3, 0.4) is 0 Å². The molecule has 2 aromatic carbocycles. The van der Waals surface area contributed by atoms with E-state index in [2.05, 4.69) is 22.1 Å². The summed E-state index contributed by atoms with van der Waals surface area (Å²) in [5, 5.41) is 11.4. The number of allylic oxidation sites excluding steroid dienone is 1. The van der Waals surface area contributed by atoms with Crippen LogP contribution in [0.5, 0.6) is 0 Å². The van der Waals surface area contributed by atoms with E-state index in [1.807, 2.05) is 35.8 Å². The minimum Gasteiger partial charge on any atom is -0.324 e. The highest BCUT2D eigenvalue weighted by molar-refractivity contribution is 7.99. The van der Waals surface area contributed by atoms with Crippen molar-refractivity contribution in [2.24, 2.45) is 0 Å². The molecule has 1 N–H and O–H groups in total. The van der Waals surface area contributed by atoms with E-state index in [1.54, 1.807) is 17.8 Å². The Labute approximate surface area is 202 Å². The summed E-state index contributed by atoms with van der Waals surface area (Å²) in [6, 6.07) is 10.9. The van der Waals surface area contributed by atoms with E-state index in [0.29, 0.717) is 17.5 Å². The van der Waals surface area contributed by atoms with E-state index in [0.717, 1.165) is 40.7 Å². The van der Waals surface area contributed by atoms with Crippen LogP contribution in [-0.2, 0) is 23.3 Å². The van der Waals surface area contributed by atoms with Gasteiger partial charge in [-0.3, -0.25) is 4.79 Å². The molecule has 0 aliphatic carbocycles. The number of carbonyl (C=O) groups is 1. The van der Waals surface area contributed by atoms with Gasteiger partial charge in [0.1, 0.15) is 5.82 Å². The monoisotopic (exact) mass is 512 g/mol. The Hall–Kier alpha value is -2.43. The Kier molecular flexibility index (Phi) is 8.50. The van der Waals surface area contributed by atoms with Crippen LogP contribution in [-0.4, -0.2) is 26.4 Å². The number of anilines is 1. The summed E-state index contributed by atoms with van der Waals surface area (Å²) >= 11 is 8.69. The molecule has 0 radical (unpaired) electrons. The molecule has 0 atom stereocenters. The Morgan fingerprint density at radius 1 is 1.18 bits per heavy atom. The van der Waals surface area contributed by atoms with Crippen LogP contribution in [0.1, 0.15) is 17.0 Å². The lowest BCUT2D eigenvalue weighted by Crippen LogP contribution is -2.16. The third kappa shape index (κ3) is 7.02. The molecule has 33 heavy (non-hydrogen) atoms. The SMILES string of the molecule is C=CCn1c(CSc2ccc(C)cc2)nnc1SCC(=O)Nc1cc(C(F)(F)F)ccc1Cl. The topological polar surface area (TPSA) is 59.8 Å². The van der Waals surface area contributed by atoms with Crippen molar-refractivity contribution < 1.29 is 18.0 Å². The summed E-state index contributed by atoms with van der Waals surface area (Å²) in [5.74, 6) is 0.720. The second kappa shape index (κ2) is 11.1. The fourth-order valence-corrected chi connectivity index (χ4v) is 4.51. The summed E-state index contributed by atoms with van der Waals surface area (Å²) < 4.78 is 40.6. The van der Waals surface area contributed by atoms with E-state index < -0.39 is 17.6 Å². The van der Waals surface area contributed by atoms with E-state index in [4.69, 9.17) is 11.6 Å². The van der Waals surface area contributed by atoms with E-state index >= 15 is 0 Å². The van der Waals surface area contributed by atoms with E-state index in [-0.39, 0.29) is 16.5 Å². The predicted octanol–water partition coefficient (Wildman–Crippen LogP) is 6.47. The number of rotatable bonds is 9. The lowest BCUT2D eigenvalue weighted by atomic mass is 10.2. The van der Waals surface area contributed by atoms with Crippen LogP contribution in [0.4, 0.5) is 18.9 Å². The third-order valence-electron chi connectivity index (χ3n) is 4.39. The van der Waals surface area contributed by atoms with Crippen molar-refractivity contribution in [2.45, 2.75) is 35.4 Å². The molecular formula is C22H20ClF3N4OS2. The standard InChI is InChI=1S/C22H20ClF3N4OS2/c1-3-10-30-19(12-32-16-7-4-14(2)5-8-16)28-29-21(30)33-13-20(31)27-18-11-15(22(24,25)26)6-9-17(18)23/h3-9,11H,1,10,12-13H2,2H3,(H,27,31). The highest BCUT2D eigenvalue weighted by Gasteiger charge is 2.31. The second-order valence-electron chi connectivity index (χ2n) is 6.93. The van der Waals surface area contributed by atoms with Crippen molar-refractivity contribution in [3.8, 4) is 0 Å². The zero-order valence-corrected chi connectivity index (χ0v) is 19.9. The molecule has 0 aliphatic heterocycles. The molecule has 1 heterocycles. The number of aryl methyl sites for hydroxylation is 1. The molecule has 1 amide bonds. The lowest BCUT2D eigenvalue weighted by Gasteiger charge is -2.12. The van der Waals surface area contributed by atoms with Gasteiger partial charge in [0.25, 0.3) is 0 Å². The van der Waals surface area contributed by atoms with Crippen molar-refractivity contribution in [3.63, 3.8) is 0 Å².